The van der Waals surface area contributed by atoms with Crippen LogP contribution in [-0.2, 0) is 21.2 Å². The molecule has 0 radical (unpaired) electrons. The summed E-state index contributed by atoms with van der Waals surface area (Å²) in [5, 5.41) is -0.182. The van der Waals surface area contributed by atoms with Gasteiger partial charge in [-0.25, -0.2) is 9.71 Å². The molecule has 0 aliphatic carbocycles. The Morgan fingerprint density at radius 1 is 1.19 bits per heavy atom. The maximum Gasteiger partial charge on any atom is 0.281 e. The summed E-state index contributed by atoms with van der Waals surface area (Å²) in [6, 6.07) is 9.62. The van der Waals surface area contributed by atoms with Crippen LogP contribution in [0.3, 0.4) is 0 Å². The summed E-state index contributed by atoms with van der Waals surface area (Å²) in [7, 11) is -3.94. The highest BCUT2D eigenvalue weighted by Gasteiger charge is 2.18. The number of hydrogen-bond donors (Lipinski definition) is 2. The molecule has 0 saturated carbocycles. The van der Waals surface area contributed by atoms with Crippen molar-refractivity contribution in [3.05, 3.63) is 53.7 Å². The fraction of sp³-hybridized carbons (Fsp3) is 0.143. The summed E-state index contributed by atoms with van der Waals surface area (Å²) in [6.45, 7) is 1.79. The highest BCUT2D eigenvalue weighted by Crippen LogP contribution is 2.08. The van der Waals surface area contributed by atoms with E-state index in [1.54, 1.807) is 37.3 Å². The molecule has 1 heterocycles. The predicted molar refractivity (Wildman–Crippen MR) is 78.9 cm³/mol. The minimum atomic E-state index is -3.94. The van der Waals surface area contributed by atoms with Crippen LogP contribution < -0.4 is 10.5 Å². The summed E-state index contributed by atoms with van der Waals surface area (Å²) >= 11 is 0. The zero-order chi connectivity index (χ0) is 15.5. The fourth-order valence-corrected chi connectivity index (χ4v) is 2.59. The van der Waals surface area contributed by atoms with Gasteiger partial charge in [0.05, 0.1) is 6.42 Å². The average molecular weight is 305 g/mol. The van der Waals surface area contributed by atoms with E-state index < -0.39 is 15.9 Å². The van der Waals surface area contributed by atoms with Gasteiger partial charge in [0.1, 0.15) is 0 Å². The van der Waals surface area contributed by atoms with Gasteiger partial charge >= 0.3 is 0 Å². The van der Waals surface area contributed by atoms with E-state index in [1.807, 2.05) is 4.72 Å². The molecule has 6 nitrogen and oxygen atoms in total. The van der Waals surface area contributed by atoms with Crippen molar-refractivity contribution in [3.63, 3.8) is 0 Å². The summed E-state index contributed by atoms with van der Waals surface area (Å²) in [6.07, 6.45) is 1.38. The van der Waals surface area contributed by atoms with Gasteiger partial charge in [0.2, 0.25) is 5.91 Å². The molecule has 0 bridgehead atoms. The number of aromatic nitrogens is 1. The van der Waals surface area contributed by atoms with Crippen LogP contribution in [0.15, 0.2) is 47.6 Å². The van der Waals surface area contributed by atoms with Crippen molar-refractivity contribution >= 4 is 21.6 Å². The third-order valence-corrected chi connectivity index (χ3v) is 4.04. The number of nitrogens with two attached hydrogens (primary N) is 1. The molecule has 0 aliphatic rings. The van der Waals surface area contributed by atoms with Gasteiger partial charge in [0.25, 0.3) is 10.0 Å². The number of carbonyl (C=O) groups is 1. The first-order valence-corrected chi connectivity index (χ1v) is 7.68. The maximum atomic E-state index is 12.0. The van der Waals surface area contributed by atoms with Gasteiger partial charge in [0, 0.05) is 11.9 Å². The van der Waals surface area contributed by atoms with Crippen molar-refractivity contribution < 1.29 is 13.2 Å². The lowest BCUT2D eigenvalue weighted by molar-refractivity contribution is -0.118. The number of anilines is 1. The van der Waals surface area contributed by atoms with Gasteiger partial charge in [-0.1, -0.05) is 18.2 Å². The minimum Gasteiger partial charge on any atom is -0.399 e. The second kappa shape index (κ2) is 5.92. The number of benzene rings is 1. The highest BCUT2D eigenvalue weighted by molar-refractivity contribution is 7.90. The molecule has 110 valence electrons. The monoisotopic (exact) mass is 305 g/mol. The second-order valence-corrected chi connectivity index (χ2v) is 6.25. The second-order valence-electron chi connectivity index (χ2n) is 4.62. The highest BCUT2D eigenvalue weighted by atomic mass is 32.2. The smallest absolute Gasteiger partial charge is 0.281 e. The normalized spacial score (nSPS) is 11.1. The Hall–Kier alpha value is -2.41. The van der Waals surface area contributed by atoms with E-state index in [2.05, 4.69) is 4.98 Å². The van der Waals surface area contributed by atoms with Crippen LogP contribution in [0.5, 0.6) is 0 Å². The number of pyridine rings is 1. The Labute approximate surface area is 123 Å². The largest absolute Gasteiger partial charge is 0.399 e. The predicted octanol–water partition coefficient (Wildman–Crippen LogP) is 1.02. The van der Waals surface area contributed by atoms with Crippen LogP contribution in [0.2, 0.25) is 0 Å². The number of aryl methyl sites for hydroxylation is 1. The van der Waals surface area contributed by atoms with Crippen molar-refractivity contribution in [1.29, 1.82) is 0 Å². The third-order valence-electron chi connectivity index (χ3n) is 2.75. The van der Waals surface area contributed by atoms with E-state index in [-0.39, 0.29) is 11.4 Å². The molecule has 0 fully saturated rings. The van der Waals surface area contributed by atoms with Crippen molar-refractivity contribution in [3.8, 4) is 0 Å². The number of nitrogens with one attached hydrogen (secondary N) is 1. The van der Waals surface area contributed by atoms with Crippen LogP contribution in [0.25, 0.3) is 0 Å². The first-order chi connectivity index (χ1) is 9.87. The van der Waals surface area contributed by atoms with Crippen LogP contribution in [-0.4, -0.2) is 19.3 Å². The molecular formula is C14H15N3O3S. The first-order valence-electron chi connectivity index (χ1n) is 6.19. The Bertz CT molecular complexity index is 738. The number of nitrogens with zero attached hydrogens (tertiary/aromatic N) is 1. The number of rotatable bonds is 4. The van der Waals surface area contributed by atoms with Gasteiger partial charge in [-0.2, -0.15) is 8.42 Å². The van der Waals surface area contributed by atoms with Crippen molar-refractivity contribution in [2.75, 3.05) is 5.73 Å². The van der Waals surface area contributed by atoms with Gasteiger partial charge in [-0.15, -0.1) is 0 Å². The molecule has 0 unspecified atom stereocenters. The van der Waals surface area contributed by atoms with Crippen molar-refractivity contribution in [2.24, 2.45) is 0 Å². The van der Waals surface area contributed by atoms with E-state index in [1.165, 1.54) is 12.3 Å². The molecule has 1 aromatic carbocycles. The zero-order valence-electron chi connectivity index (χ0n) is 11.4. The van der Waals surface area contributed by atoms with E-state index in [0.717, 1.165) is 5.56 Å². The molecule has 0 atom stereocenters. The lowest BCUT2D eigenvalue weighted by atomic mass is 10.1. The fourth-order valence-electron chi connectivity index (χ4n) is 1.67. The van der Waals surface area contributed by atoms with E-state index in [4.69, 9.17) is 5.73 Å². The Morgan fingerprint density at radius 2 is 1.86 bits per heavy atom. The van der Waals surface area contributed by atoms with Crippen LogP contribution in [0, 0.1) is 6.92 Å². The molecule has 1 aromatic heterocycles. The topological polar surface area (TPSA) is 102 Å². The van der Waals surface area contributed by atoms with Crippen molar-refractivity contribution in [2.45, 2.75) is 18.4 Å². The van der Waals surface area contributed by atoms with Gasteiger partial charge in [-0.3, -0.25) is 4.79 Å². The van der Waals surface area contributed by atoms with Crippen molar-refractivity contribution in [1.82, 2.24) is 9.71 Å². The minimum absolute atomic E-state index is 0.0502. The number of carbonyl (C=O) groups excluding carboxylic acids is 1. The molecule has 2 rings (SSSR count). The molecular weight excluding hydrogens is 290 g/mol. The molecule has 0 spiro atoms. The number of nitrogen functional groups attached to an aromatic ring is 1. The Balaban J connectivity index is 2.07. The molecule has 2 aromatic rings. The number of sulfonamides is 1. The molecule has 3 N–H and O–H groups in total. The lowest BCUT2D eigenvalue weighted by Gasteiger charge is -2.06. The summed E-state index contributed by atoms with van der Waals surface area (Å²) in [4.78, 5) is 15.6. The Morgan fingerprint density at radius 3 is 2.43 bits per heavy atom. The van der Waals surface area contributed by atoms with E-state index in [9.17, 15) is 13.2 Å². The maximum absolute atomic E-state index is 12.0. The zero-order valence-corrected chi connectivity index (χ0v) is 12.2. The van der Waals surface area contributed by atoms with Crippen LogP contribution >= 0.6 is 0 Å². The first kappa shape index (κ1) is 15.0. The third kappa shape index (κ3) is 4.03. The van der Waals surface area contributed by atoms with Crippen LogP contribution in [0.1, 0.15) is 11.1 Å². The van der Waals surface area contributed by atoms with Gasteiger partial charge in [0.15, 0.2) is 5.03 Å². The van der Waals surface area contributed by atoms with Gasteiger partial charge < -0.3 is 5.73 Å². The standard InChI is InChI=1S/C14H15N3O3S/c1-10-2-7-14(16-9-10)21(19,20)17-13(18)8-11-3-5-12(15)6-4-11/h2-7,9H,8,15H2,1H3,(H,17,18). The van der Waals surface area contributed by atoms with Crippen LogP contribution in [0.4, 0.5) is 5.69 Å². The molecule has 7 heteroatoms. The number of amides is 1. The Kier molecular flexibility index (Phi) is 4.23. The number of hydrogen-bond acceptors (Lipinski definition) is 5. The summed E-state index contributed by atoms with van der Waals surface area (Å²) in [5.41, 5.74) is 7.63. The van der Waals surface area contributed by atoms with E-state index >= 15 is 0 Å². The SMILES string of the molecule is Cc1ccc(S(=O)(=O)NC(=O)Cc2ccc(N)cc2)nc1. The van der Waals surface area contributed by atoms with Gasteiger partial charge in [-0.05, 0) is 36.2 Å². The summed E-state index contributed by atoms with van der Waals surface area (Å²) < 4.78 is 26.0. The molecule has 0 saturated heterocycles. The average Bonchev–Trinajstić information content (AvgIpc) is 2.41. The molecule has 21 heavy (non-hydrogen) atoms. The summed E-state index contributed by atoms with van der Waals surface area (Å²) in [5.74, 6) is -0.623. The van der Waals surface area contributed by atoms with E-state index in [0.29, 0.717) is 11.3 Å². The molecule has 1 amide bonds. The quantitative estimate of drug-likeness (QED) is 0.821. The molecule has 0 aliphatic heterocycles. The lowest BCUT2D eigenvalue weighted by Crippen LogP contribution is -2.32.